The molecule has 1 aliphatic rings. The standard InChI is InChI=1S/C48H112O8Si8/c1-17-33-57(34-18-2)49-58(35-19-3,36-20-4)51-60(39-23-7,40-24-8)53-62(43-27-11,44-28-12)55-64(47-31-15,48-32-16)56-63(45-29-13,46-30-14)54-61(41-25-9,42-26-10)52-59(50-57,37-21-5)38-22-6/h17-48H2,1-16H3. The van der Waals surface area contributed by atoms with Crippen LogP contribution in [0.15, 0.2) is 0 Å². The fourth-order valence-corrected chi connectivity index (χ4v) is 64.9. The molecule has 1 fully saturated rings. The molecule has 1 saturated heterocycles. The molecule has 1 rings (SSSR count). The Morgan fingerprint density at radius 3 is 0.250 bits per heavy atom. The second-order valence-electron chi connectivity index (χ2n) is 20.1. The molecule has 64 heavy (non-hydrogen) atoms. The molecule has 0 atom stereocenters. The molecule has 0 aromatic carbocycles. The molecule has 1 aliphatic heterocycles. The number of hydrogen-bond acceptors (Lipinski definition) is 8. The Hall–Kier alpha value is 1.42. The molecule has 0 amide bonds. The van der Waals surface area contributed by atoms with Crippen LogP contribution < -0.4 is 0 Å². The van der Waals surface area contributed by atoms with Gasteiger partial charge in [0.1, 0.15) is 0 Å². The molecule has 0 aromatic heterocycles. The van der Waals surface area contributed by atoms with E-state index in [4.69, 9.17) is 32.9 Å². The molecule has 0 aliphatic carbocycles. The van der Waals surface area contributed by atoms with Gasteiger partial charge in [-0.05, 0) is 96.7 Å². The van der Waals surface area contributed by atoms with Crippen molar-refractivity contribution in [3.05, 3.63) is 0 Å². The van der Waals surface area contributed by atoms with E-state index in [0.717, 1.165) is 199 Å². The largest absolute Gasteiger partial charge is 0.415 e. The van der Waals surface area contributed by atoms with Crippen LogP contribution in [0.4, 0.5) is 0 Å². The van der Waals surface area contributed by atoms with E-state index < -0.39 is 68.5 Å². The average molecular weight is 1040 g/mol. The summed E-state index contributed by atoms with van der Waals surface area (Å²) in [6.07, 6.45) is 16.7. The van der Waals surface area contributed by atoms with Crippen molar-refractivity contribution in [1.82, 2.24) is 0 Å². The highest BCUT2D eigenvalue weighted by atomic mass is 28.5. The molecule has 0 bridgehead atoms. The van der Waals surface area contributed by atoms with Crippen LogP contribution >= 0.6 is 0 Å². The Balaban J connectivity index is 4.99. The smallest absolute Gasteiger partial charge is 0.320 e. The molecular formula is C48H112O8Si8. The molecule has 16 heteroatoms. The van der Waals surface area contributed by atoms with E-state index in [1.165, 1.54) is 0 Å². The van der Waals surface area contributed by atoms with E-state index in [2.05, 4.69) is 111 Å². The maximum atomic E-state index is 8.38. The first kappa shape index (κ1) is 63.4. The summed E-state index contributed by atoms with van der Waals surface area (Å²) in [6, 6.07) is 15.7. The summed E-state index contributed by atoms with van der Waals surface area (Å²) in [7, 11) is -23.6. The summed E-state index contributed by atoms with van der Waals surface area (Å²) in [6.45, 7) is 37.8. The van der Waals surface area contributed by atoms with E-state index in [1.807, 2.05) is 0 Å². The first-order valence-electron chi connectivity index (χ1n) is 28.2. The SMILES string of the molecule is CCC[Si]1(CCC)O[Si](CCC)(CCC)O[Si](CCC)(CCC)O[Si](CCC)(CCC)O[Si](CCC)(CCC)O[Si](CCC)(CCC)O[Si](CCC)(CCC)O[Si](CCC)(CCC)O1. The van der Waals surface area contributed by atoms with Gasteiger partial charge in [-0.3, -0.25) is 0 Å². The van der Waals surface area contributed by atoms with Gasteiger partial charge in [0.05, 0.1) is 0 Å². The lowest BCUT2D eigenvalue weighted by molar-refractivity contribution is 0.207. The molecule has 0 unspecified atom stereocenters. The predicted octanol–water partition coefficient (Wildman–Crippen LogP) is 18.2. The Bertz CT molecular complexity index is 845. The van der Waals surface area contributed by atoms with Crippen LogP contribution in [0.1, 0.15) is 214 Å². The van der Waals surface area contributed by atoms with Gasteiger partial charge < -0.3 is 32.9 Å². The van der Waals surface area contributed by atoms with E-state index in [1.54, 1.807) is 0 Å². The van der Waals surface area contributed by atoms with Crippen molar-refractivity contribution in [2.75, 3.05) is 0 Å². The van der Waals surface area contributed by atoms with Gasteiger partial charge in [-0.25, -0.2) is 0 Å². The minimum Gasteiger partial charge on any atom is -0.415 e. The van der Waals surface area contributed by atoms with Crippen molar-refractivity contribution in [2.24, 2.45) is 0 Å². The third kappa shape index (κ3) is 19.2. The molecule has 8 nitrogen and oxygen atoms in total. The molecular weight excluding hydrogens is 929 g/mol. The summed E-state index contributed by atoms with van der Waals surface area (Å²) in [5.74, 6) is 0. The highest BCUT2D eigenvalue weighted by Gasteiger charge is 2.62. The third-order valence-corrected chi connectivity index (χ3v) is 57.1. The maximum Gasteiger partial charge on any atom is 0.320 e. The second-order valence-corrected chi connectivity index (χ2v) is 49.2. The second kappa shape index (κ2) is 32.4. The molecule has 384 valence electrons. The first-order chi connectivity index (χ1) is 30.6. The Morgan fingerprint density at radius 1 is 0.141 bits per heavy atom. The van der Waals surface area contributed by atoms with Gasteiger partial charge >= 0.3 is 68.5 Å². The van der Waals surface area contributed by atoms with Crippen molar-refractivity contribution in [3.8, 4) is 0 Å². The van der Waals surface area contributed by atoms with Crippen LogP contribution in [0.5, 0.6) is 0 Å². The maximum absolute atomic E-state index is 8.38. The normalized spacial score (nSPS) is 21.8. The summed E-state index contributed by atoms with van der Waals surface area (Å²) in [5.41, 5.74) is 0. The zero-order valence-corrected chi connectivity index (χ0v) is 53.9. The van der Waals surface area contributed by atoms with Crippen LogP contribution in [0.2, 0.25) is 96.7 Å². The molecule has 0 N–H and O–H groups in total. The van der Waals surface area contributed by atoms with Crippen molar-refractivity contribution in [3.63, 3.8) is 0 Å². The molecule has 0 spiro atoms. The number of hydrogen-bond donors (Lipinski definition) is 0. The van der Waals surface area contributed by atoms with Crippen LogP contribution in [0, 0.1) is 0 Å². The lowest BCUT2D eigenvalue weighted by Crippen LogP contribution is -2.70. The first-order valence-corrected chi connectivity index (χ1v) is 46.1. The topological polar surface area (TPSA) is 73.8 Å². The number of rotatable bonds is 32. The van der Waals surface area contributed by atoms with Gasteiger partial charge in [0.25, 0.3) is 0 Å². The Labute approximate surface area is 409 Å². The lowest BCUT2D eigenvalue weighted by Gasteiger charge is -2.54. The van der Waals surface area contributed by atoms with Gasteiger partial charge in [0, 0.05) is 0 Å². The zero-order chi connectivity index (χ0) is 48.3. The summed E-state index contributed by atoms with van der Waals surface area (Å²) in [4.78, 5) is 0. The Kier molecular flexibility index (Phi) is 32.1. The zero-order valence-electron chi connectivity index (χ0n) is 45.9. The molecule has 0 radical (unpaired) electrons. The molecule has 1 heterocycles. The highest BCUT2D eigenvalue weighted by molar-refractivity contribution is 6.96. The summed E-state index contributed by atoms with van der Waals surface area (Å²) < 4.78 is 67.1. The van der Waals surface area contributed by atoms with E-state index in [-0.39, 0.29) is 0 Å². The summed E-state index contributed by atoms with van der Waals surface area (Å²) in [5, 5.41) is 0. The molecule has 0 saturated carbocycles. The van der Waals surface area contributed by atoms with Crippen molar-refractivity contribution in [2.45, 2.75) is 310 Å². The van der Waals surface area contributed by atoms with Crippen molar-refractivity contribution in [1.29, 1.82) is 0 Å². The van der Waals surface area contributed by atoms with E-state index >= 15 is 0 Å². The fraction of sp³-hybridized carbons (Fsp3) is 1.00. The highest BCUT2D eigenvalue weighted by Crippen LogP contribution is 2.47. The quantitative estimate of drug-likeness (QED) is 0.0617. The minimum atomic E-state index is -2.95. The third-order valence-electron chi connectivity index (χ3n) is 13.1. The van der Waals surface area contributed by atoms with Crippen molar-refractivity contribution < 1.29 is 32.9 Å². The van der Waals surface area contributed by atoms with E-state index in [9.17, 15) is 0 Å². The van der Waals surface area contributed by atoms with Gasteiger partial charge in [-0.2, -0.15) is 0 Å². The van der Waals surface area contributed by atoms with Gasteiger partial charge in [-0.15, -0.1) is 0 Å². The van der Waals surface area contributed by atoms with Crippen molar-refractivity contribution >= 4 is 68.5 Å². The van der Waals surface area contributed by atoms with Crippen LogP contribution in [-0.2, 0) is 32.9 Å². The van der Waals surface area contributed by atoms with Gasteiger partial charge in [-0.1, -0.05) is 214 Å². The van der Waals surface area contributed by atoms with Crippen LogP contribution in [0.3, 0.4) is 0 Å². The predicted molar refractivity (Wildman–Crippen MR) is 296 cm³/mol. The Morgan fingerprint density at radius 2 is 0.203 bits per heavy atom. The minimum absolute atomic E-state index is 0.981. The summed E-state index contributed by atoms with van der Waals surface area (Å²) >= 11 is 0. The average Bonchev–Trinajstić information content (AvgIpc) is 3.19. The molecule has 0 aromatic rings. The fourth-order valence-electron chi connectivity index (χ4n) is 11.6. The van der Waals surface area contributed by atoms with Gasteiger partial charge in [0.15, 0.2) is 0 Å². The van der Waals surface area contributed by atoms with Crippen LogP contribution in [-0.4, -0.2) is 68.5 Å². The van der Waals surface area contributed by atoms with Crippen LogP contribution in [0.25, 0.3) is 0 Å². The lowest BCUT2D eigenvalue weighted by atomic mass is 10.6. The monoisotopic (exact) mass is 1040 g/mol. The van der Waals surface area contributed by atoms with Gasteiger partial charge in [0.2, 0.25) is 0 Å². The van der Waals surface area contributed by atoms with E-state index in [0.29, 0.717) is 0 Å².